The van der Waals surface area contributed by atoms with Crippen LogP contribution in [0.1, 0.15) is 0 Å². The fourth-order valence-electron chi connectivity index (χ4n) is 1.60. The lowest BCUT2D eigenvalue weighted by atomic mass is 10.3. The van der Waals surface area contributed by atoms with E-state index in [-0.39, 0.29) is 29.3 Å². The summed E-state index contributed by atoms with van der Waals surface area (Å²) in [6.07, 6.45) is 4.08. The van der Waals surface area contributed by atoms with Crippen LogP contribution < -0.4 is 5.84 Å². The zero-order chi connectivity index (χ0) is 14.7. The largest absolute Gasteiger partial charge is 0.389 e. The average molecular weight is 282 g/mol. The minimum Gasteiger partial charge on any atom is -0.389 e. The maximum Gasteiger partial charge on any atom is 0.329 e. The first kappa shape index (κ1) is 13.6. The van der Waals surface area contributed by atoms with Gasteiger partial charge < -0.3 is 5.11 Å². The third-order valence-corrected chi connectivity index (χ3v) is 2.50. The van der Waals surface area contributed by atoms with Gasteiger partial charge in [-0.05, 0) is 0 Å². The van der Waals surface area contributed by atoms with Gasteiger partial charge in [-0.15, -0.1) is 0 Å². The first-order valence-corrected chi connectivity index (χ1v) is 5.55. The quantitative estimate of drug-likeness (QED) is 0.309. The second-order valence-corrected chi connectivity index (χ2v) is 4.08. The van der Waals surface area contributed by atoms with Crippen molar-refractivity contribution in [2.24, 2.45) is 5.84 Å². The molecule has 0 saturated carbocycles. The summed E-state index contributed by atoms with van der Waals surface area (Å²) in [6, 6.07) is 0. The van der Waals surface area contributed by atoms with Gasteiger partial charge in [-0.1, -0.05) is 0 Å². The van der Waals surface area contributed by atoms with E-state index >= 15 is 0 Å². The van der Waals surface area contributed by atoms with Crippen LogP contribution in [0.3, 0.4) is 0 Å². The molecular formula is C9H12N7O4+. The zero-order valence-electron chi connectivity index (χ0n) is 10.2. The van der Waals surface area contributed by atoms with Crippen LogP contribution in [-0.2, 0) is 13.1 Å². The van der Waals surface area contributed by atoms with Crippen LogP contribution in [-0.4, -0.2) is 40.6 Å². The standard InChI is InChI=1S/C9H12N7O4/c10-15(18)7-1-11-13(3-7)5-9(17)6-14-4-8(2-12-14)16(19)20/h1-4,9,17H,5-6H2,(H2,10,18)/q+1/t9-/m0/s1. The van der Waals surface area contributed by atoms with E-state index in [9.17, 15) is 20.1 Å². The summed E-state index contributed by atoms with van der Waals surface area (Å²) in [5.74, 6) is 5.00. The molecule has 0 bridgehead atoms. The number of nitro groups is 1. The van der Waals surface area contributed by atoms with Crippen LogP contribution in [0, 0.1) is 15.0 Å². The molecule has 11 nitrogen and oxygen atoms in total. The summed E-state index contributed by atoms with van der Waals surface area (Å²) in [5, 5.41) is 27.9. The predicted molar refractivity (Wildman–Crippen MR) is 64.6 cm³/mol. The number of nitrogens with zero attached hydrogens (tertiary/aromatic N) is 6. The molecule has 0 fully saturated rings. The predicted octanol–water partition coefficient (Wildman–Crippen LogP) is -0.667. The van der Waals surface area contributed by atoms with Gasteiger partial charge in [-0.3, -0.25) is 19.5 Å². The Morgan fingerprint density at radius 3 is 2.10 bits per heavy atom. The van der Waals surface area contributed by atoms with Crippen LogP contribution >= 0.6 is 0 Å². The van der Waals surface area contributed by atoms with E-state index in [1.165, 1.54) is 28.0 Å². The molecule has 0 unspecified atom stereocenters. The van der Waals surface area contributed by atoms with Gasteiger partial charge in [0.25, 0.3) is 0 Å². The number of aliphatic hydroxyl groups excluding tert-OH is 1. The van der Waals surface area contributed by atoms with Gasteiger partial charge in [-0.2, -0.15) is 16.0 Å². The summed E-state index contributed by atoms with van der Waals surface area (Å²) >= 11 is 0. The number of hydrazine groups is 1. The number of aromatic nitrogens is 4. The minimum atomic E-state index is -0.875. The lowest BCUT2D eigenvalue weighted by Gasteiger charge is -2.09. The second-order valence-electron chi connectivity index (χ2n) is 4.08. The molecule has 2 rings (SSSR count). The molecule has 2 aromatic heterocycles. The Morgan fingerprint density at radius 2 is 1.70 bits per heavy atom. The normalized spacial score (nSPS) is 12.2. The molecule has 2 heterocycles. The Kier molecular flexibility index (Phi) is 3.70. The molecule has 106 valence electrons. The molecule has 0 aliphatic heterocycles. The van der Waals surface area contributed by atoms with Gasteiger partial charge in [0.2, 0.25) is 0 Å². The van der Waals surface area contributed by atoms with E-state index in [1.54, 1.807) is 0 Å². The van der Waals surface area contributed by atoms with Crippen LogP contribution in [0.15, 0.2) is 24.8 Å². The maximum absolute atomic E-state index is 10.8. The molecule has 2 aromatic rings. The lowest BCUT2D eigenvalue weighted by Crippen LogP contribution is -2.22. The number of nitrogens with two attached hydrogens (primary N) is 1. The van der Waals surface area contributed by atoms with Crippen molar-refractivity contribution in [2.75, 3.05) is 0 Å². The fraction of sp³-hybridized carbons (Fsp3) is 0.333. The Balaban J connectivity index is 1.95. The molecule has 0 aromatic carbocycles. The summed E-state index contributed by atoms with van der Waals surface area (Å²) in [7, 11) is 0. The Bertz CT molecular complexity index is 580. The van der Waals surface area contributed by atoms with Gasteiger partial charge in [0.05, 0.1) is 29.0 Å². The van der Waals surface area contributed by atoms with Gasteiger partial charge in [0, 0.05) is 0 Å². The van der Waals surface area contributed by atoms with Crippen molar-refractivity contribution in [3.63, 3.8) is 0 Å². The van der Waals surface area contributed by atoms with Crippen molar-refractivity contribution < 1.29 is 14.9 Å². The number of hydrogen-bond acceptors (Lipinski definition) is 6. The minimum absolute atomic E-state index is 0.0622. The first-order chi connectivity index (χ1) is 9.45. The van der Waals surface area contributed by atoms with Crippen LogP contribution in [0.2, 0.25) is 0 Å². The molecule has 1 atom stereocenters. The third-order valence-electron chi connectivity index (χ3n) is 2.50. The van der Waals surface area contributed by atoms with Crippen LogP contribution in [0.5, 0.6) is 0 Å². The topological polar surface area (TPSA) is 145 Å². The molecule has 0 radical (unpaired) electrons. The molecule has 3 N–H and O–H groups in total. The smallest absolute Gasteiger partial charge is 0.329 e. The van der Waals surface area contributed by atoms with Crippen molar-refractivity contribution >= 4 is 11.4 Å². The van der Waals surface area contributed by atoms with Crippen molar-refractivity contribution in [1.29, 1.82) is 0 Å². The first-order valence-electron chi connectivity index (χ1n) is 5.55. The average Bonchev–Trinajstić information content (AvgIpc) is 2.98. The van der Waals surface area contributed by atoms with Crippen LogP contribution in [0.4, 0.5) is 11.4 Å². The molecule has 0 amide bonds. The highest BCUT2D eigenvalue weighted by Gasteiger charge is 2.15. The number of nitroso groups, excluding NO2 is 1. The van der Waals surface area contributed by atoms with Crippen LogP contribution in [0.25, 0.3) is 0 Å². The monoisotopic (exact) mass is 282 g/mol. The van der Waals surface area contributed by atoms with E-state index in [0.717, 1.165) is 6.20 Å². The Morgan fingerprint density at radius 1 is 1.20 bits per heavy atom. The summed E-state index contributed by atoms with van der Waals surface area (Å²) in [4.78, 5) is 20.9. The molecule has 0 saturated heterocycles. The summed E-state index contributed by atoms with van der Waals surface area (Å²) in [5.41, 5.74) is 0.00984. The van der Waals surface area contributed by atoms with Gasteiger partial charge in [0.15, 0.2) is 4.87 Å². The SMILES string of the molecule is N[N+](=O)c1cnn(C[C@H](O)Cn2cc([N+](=O)[O-])cn2)c1. The molecule has 0 aliphatic rings. The van der Waals surface area contributed by atoms with Crippen molar-refractivity contribution in [3.8, 4) is 0 Å². The Labute approximate surface area is 111 Å². The number of rotatable bonds is 6. The highest BCUT2D eigenvalue weighted by molar-refractivity contribution is 5.21. The van der Waals surface area contributed by atoms with Gasteiger partial charge in [-0.25, -0.2) is 0 Å². The molecule has 0 spiro atoms. The molecule has 0 aliphatic carbocycles. The number of aliphatic hydroxyl groups is 1. The van der Waals surface area contributed by atoms with Gasteiger partial charge in [0.1, 0.15) is 24.8 Å². The fourth-order valence-corrected chi connectivity index (χ4v) is 1.60. The molecule has 11 heteroatoms. The summed E-state index contributed by atoms with van der Waals surface area (Å²) in [6.45, 7) is 0.161. The van der Waals surface area contributed by atoms with Crippen molar-refractivity contribution in [3.05, 3.63) is 39.8 Å². The van der Waals surface area contributed by atoms with E-state index < -0.39 is 11.0 Å². The molecular weight excluding hydrogens is 270 g/mol. The Hall–Kier alpha value is -2.82. The van der Waals surface area contributed by atoms with E-state index in [1.807, 2.05) is 0 Å². The second kappa shape index (κ2) is 5.44. The molecule has 20 heavy (non-hydrogen) atoms. The number of hydrogen-bond donors (Lipinski definition) is 2. The lowest BCUT2D eigenvalue weighted by molar-refractivity contribution is -0.474. The maximum atomic E-state index is 10.8. The summed E-state index contributed by atoms with van der Waals surface area (Å²) < 4.78 is 2.60. The van der Waals surface area contributed by atoms with Crippen molar-refractivity contribution in [1.82, 2.24) is 19.6 Å². The zero-order valence-corrected chi connectivity index (χ0v) is 10.2. The highest BCUT2D eigenvalue weighted by atomic mass is 16.6. The van der Waals surface area contributed by atoms with E-state index in [0.29, 0.717) is 0 Å². The van der Waals surface area contributed by atoms with Crippen molar-refractivity contribution in [2.45, 2.75) is 19.2 Å². The highest BCUT2D eigenvalue weighted by Crippen LogP contribution is 2.09. The third kappa shape index (κ3) is 3.14. The van der Waals surface area contributed by atoms with E-state index in [4.69, 9.17) is 5.84 Å². The van der Waals surface area contributed by atoms with E-state index in [2.05, 4.69) is 10.2 Å². The van der Waals surface area contributed by atoms with Gasteiger partial charge >= 0.3 is 11.4 Å².